The van der Waals surface area contributed by atoms with Crippen molar-refractivity contribution in [3.63, 3.8) is 0 Å². The molecule has 4 aromatic rings. The van der Waals surface area contributed by atoms with E-state index in [1.54, 1.807) is 32.2 Å². The van der Waals surface area contributed by atoms with Gasteiger partial charge in [0, 0.05) is 18.9 Å². The molecular weight excluding hydrogens is 793 g/mol. The van der Waals surface area contributed by atoms with E-state index in [2.05, 4.69) is 26.4 Å². The van der Waals surface area contributed by atoms with Crippen LogP contribution < -0.4 is 25.1 Å². The maximum Gasteiger partial charge on any atom is 0.310 e. The summed E-state index contributed by atoms with van der Waals surface area (Å²) in [6, 6.07) is 12.7. The van der Waals surface area contributed by atoms with Crippen molar-refractivity contribution in [3.05, 3.63) is 89.2 Å². The Kier molecular flexibility index (Phi) is 10.5. The van der Waals surface area contributed by atoms with Crippen LogP contribution >= 0.6 is 11.3 Å². The van der Waals surface area contributed by atoms with E-state index in [0.717, 1.165) is 26.8 Å². The van der Waals surface area contributed by atoms with Gasteiger partial charge < -0.3 is 15.0 Å². The Morgan fingerprint density at radius 3 is 2.39 bits per heavy atom. The Morgan fingerprint density at radius 1 is 1.04 bits per heavy atom. The van der Waals surface area contributed by atoms with Crippen molar-refractivity contribution in [1.82, 2.24) is 29.4 Å². The Labute approximate surface area is 334 Å². The van der Waals surface area contributed by atoms with Gasteiger partial charge in [-0.2, -0.15) is 9.82 Å². The molecule has 1 aliphatic heterocycles. The normalized spacial score (nSPS) is 22.8. The maximum atomic E-state index is 14.7. The van der Waals surface area contributed by atoms with Gasteiger partial charge in [0.15, 0.2) is 5.75 Å². The molecular formula is C39H44N6O9S3. The molecule has 2 aromatic heterocycles. The van der Waals surface area contributed by atoms with Gasteiger partial charge in [0.2, 0.25) is 21.8 Å². The van der Waals surface area contributed by atoms with E-state index in [1.807, 2.05) is 42.5 Å². The monoisotopic (exact) mass is 836 g/mol. The molecule has 1 saturated heterocycles. The Morgan fingerprint density at radius 2 is 1.75 bits per heavy atom. The highest BCUT2D eigenvalue weighted by Gasteiger charge is 2.62. The van der Waals surface area contributed by atoms with Crippen LogP contribution in [-0.2, 0) is 34.4 Å². The number of nitrogens with one attached hydrogen (secondary N) is 3. The highest BCUT2D eigenvalue weighted by atomic mass is 32.2. The summed E-state index contributed by atoms with van der Waals surface area (Å²) in [5.41, 5.74) is -2.15. The van der Waals surface area contributed by atoms with E-state index >= 15 is 0 Å². The first-order chi connectivity index (χ1) is 26.9. The summed E-state index contributed by atoms with van der Waals surface area (Å²) in [7, 11) is -6.79. The minimum Gasteiger partial charge on any atom is -0.491 e. The highest BCUT2D eigenvalue weighted by Crippen LogP contribution is 2.46. The molecule has 0 unspecified atom stereocenters. The minimum absolute atomic E-state index is 0.00872. The number of aromatic nitrogens is 2. The van der Waals surface area contributed by atoms with E-state index in [9.17, 15) is 36.0 Å². The molecule has 0 bridgehead atoms. The van der Waals surface area contributed by atoms with Crippen molar-refractivity contribution in [3.8, 4) is 16.9 Å². The van der Waals surface area contributed by atoms with E-state index in [4.69, 9.17) is 4.74 Å². The second-order valence-corrected chi connectivity index (χ2v) is 20.6. The number of fused-ring (bicyclic) bond motifs is 1. The lowest BCUT2D eigenvalue weighted by molar-refractivity contribution is -0.142. The van der Waals surface area contributed by atoms with Crippen LogP contribution in [-0.4, -0.2) is 85.8 Å². The van der Waals surface area contributed by atoms with Crippen molar-refractivity contribution in [1.29, 1.82) is 0 Å². The first kappa shape index (κ1) is 40.3. The first-order valence-corrected chi connectivity index (χ1v) is 22.3. The van der Waals surface area contributed by atoms with Crippen LogP contribution in [0.2, 0.25) is 0 Å². The van der Waals surface area contributed by atoms with Gasteiger partial charge in [0.1, 0.15) is 21.8 Å². The van der Waals surface area contributed by atoms with Crippen LogP contribution in [0.5, 0.6) is 5.75 Å². The molecule has 2 aromatic carbocycles. The largest absolute Gasteiger partial charge is 0.491 e. The minimum atomic E-state index is -4.18. The van der Waals surface area contributed by atoms with Crippen LogP contribution in [0, 0.1) is 11.3 Å². The lowest BCUT2D eigenvalue weighted by Gasteiger charge is -2.35. The van der Waals surface area contributed by atoms with Gasteiger partial charge in [-0.1, -0.05) is 75.4 Å². The van der Waals surface area contributed by atoms with E-state index in [1.165, 1.54) is 30.3 Å². The molecule has 0 spiro atoms. The van der Waals surface area contributed by atoms with Gasteiger partial charge in [-0.15, -0.1) is 17.9 Å². The first-order valence-electron chi connectivity index (χ1n) is 18.4. The SMILES string of the molecule is C=C[C@@H]1C[C@]1(NC(=O)[C@@H]1C[C@@H](n2ncc(-c3cccc4ccccc34)c(OC)c2=O)CN1C(=O)[C@@H](NS(=O)(=O)c1cccs1)C(C)(C)C)C(=O)NS(=O)(=O)C1CC1. The Hall–Kier alpha value is -4.91. The molecule has 0 radical (unpaired) electrons. The molecule has 3 amide bonds. The number of sulfonamides is 2. The summed E-state index contributed by atoms with van der Waals surface area (Å²) in [5.74, 6) is -3.07. The lowest BCUT2D eigenvalue weighted by Crippen LogP contribution is -2.60. The van der Waals surface area contributed by atoms with E-state index in [0.29, 0.717) is 24.0 Å². The number of nitrogens with zero attached hydrogens (tertiary/aromatic N) is 3. The van der Waals surface area contributed by atoms with Crippen molar-refractivity contribution >= 4 is 59.9 Å². The molecule has 3 fully saturated rings. The zero-order valence-corrected chi connectivity index (χ0v) is 34.2. The third kappa shape index (κ3) is 7.62. The molecule has 2 aliphatic carbocycles. The molecule has 5 atom stereocenters. The third-order valence-corrected chi connectivity index (χ3v) is 15.5. The fourth-order valence-corrected chi connectivity index (χ4v) is 11.2. The number of rotatable bonds is 13. The molecule has 3 heterocycles. The molecule has 2 saturated carbocycles. The number of carbonyl (C=O) groups excluding carboxylic acids is 3. The van der Waals surface area contributed by atoms with E-state index < -0.39 is 83.6 Å². The van der Waals surface area contributed by atoms with Crippen LogP contribution in [0.4, 0.5) is 0 Å². The van der Waals surface area contributed by atoms with Gasteiger partial charge in [-0.25, -0.2) is 21.5 Å². The number of methoxy groups -OCH3 is 1. The van der Waals surface area contributed by atoms with Gasteiger partial charge in [-0.3, -0.25) is 23.9 Å². The van der Waals surface area contributed by atoms with Crippen LogP contribution in [0.15, 0.2) is 87.8 Å². The Bertz CT molecular complexity index is 2540. The van der Waals surface area contributed by atoms with Crippen molar-refractivity contribution in [2.45, 2.75) is 79.6 Å². The molecule has 3 aliphatic rings. The standard InChI is InChI=1S/C39H44N6O9S3/c1-6-24-20-39(24,37(49)43-56(50,51)26-16-17-26)41-34(46)30-19-25(22-44(30)36(48)33(38(2,3)4)42-57(52,53)31-15-10-18-55-31)45-35(47)32(54-5)29(21-40-45)28-14-9-12-23-11-7-8-13-27(23)28/h6-15,18,21,24-26,30,33,42H,1,16-17,19-20,22H2,2-5H3,(H,41,46)(H,43,49)/t24-,25-,30+,33-,39-/m1/s1. The summed E-state index contributed by atoms with van der Waals surface area (Å²) in [6.07, 6.45) is 3.68. The maximum absolute atomic E-state index is 14.7. The topological polar surface area (TPSA) is 203 Å². The number of thiophene rings is 1. The number of hydrogen-bond donors (Lipinski definition) is 3. The fourth-order valence-electron chi connectivity index (χ4n) is 7.46. The molecule has 18 heteroatoms. The summed E-state index contributed by atoms with van der Waals surface area (Å²) in [6.45, 7) is 8.54. The predicted molar refractivity (Wildman–Crippen MR) is 214 cm³/mol. The van der Waals surface area contributed by atoms with Gasteiger partial charge in [0.05, 0.1) is 30.2 Å². The average Bonchev–Trinajstić information content (AvgIpc) is 4.03. The predicted octanol–water partition coefficient (Wildman–Crippen LogP) is 3.34. The zero-order chi connectivity index (χ0) is 41.1. The number of likely N-dealkylation sites (tertiary alicyclic amines) is 1. The van der Waals surface area contributed by atoms with Gasteiger partial charge >= 0.3 is 5.56 Å². The third-order valence-electron chi connectivity index (χ3n) is 10.8. The highest BCUT2D eigenvalue weighted by molar-refractivity contribution is 7.91. The second-order valence-electron chi connectivity index (χ2n) is 15.8. The number of ether oxygens (including phenoxy) is 1. The summed E-state index contributed by atoms with van der Waals surface area (Å²) in [4.78, 5) is 58.2. The van der Waals surface area contributed by atoms with Gasteiger partial charge in [0.25, 0.3) is 15.9 Å². The zero-order valence-electron chi connectivity index (χ0n) is 31.8. The number of amides is 3. The van der Waals surface area contributed by atoms with Crippen LogP contribution in [0.1, 0.15) is 52.5 Å². The quantitative estimate of drug-likeness (QED) is 0.168. The molecule has 57 heavy (non-hydrogen) atoms. The summed E-state index contributed by atoms with van der Waals surface area (Å²) < 4.78 is 64.0. The van der Waals surface area contributed by atoms with Crippen molar-refractivity contribution < 1.29 is 36.0 Å². The lowest BCUT2D eigenvalue weighted by atomic mass is 9.86. The second kappa shape index (κ2) is 14.8. The molecule has 15 nitrogen and oxygen atoms in total. The average molecular weight is 837 g/mol. The summed E-state index contributed by atoms with van der Waals surface area (Å²) >= 11 is 0.976. The molecule has 302 valence electrons. The smallest absolute Gasteiger partial charge is 0.310 e. The number of hydrogen-bond acceptors (Lipinski definition) is 11. The molecule has 7 rings (SSSR count). The number of benzene rings is 2. The van der Waals surface area contributed by atoms with Gasteiger partial charge in [-0.05, 0) is 52.5 Å². The van der Waals surface area contributed by atoms with Crippen LogP contribution in [0.3, 0.4) is 0 Å². The molecule has 3 N–H and O–H groups in total. The van der Waals surface area contributed by atoms with Crippen molar-refractivity contribution in [2.24, 2.45) is 11.3 Å². The number of carbonyl (C=O) groups is 3. The summed E-state index contributed by atoms with van der Waals surface area (Å²) in [5, 5.41) is 9.97. The Balaban J connectivity index is 1.26. The fraction of sp³-hybridized carbons (Fsp3) is 0.410. The van der Waals surface area contributed by atoms with E-state index in [-0.39, 0.29) is 29.3 Å². The van der Waals surface area contributed by atoms with Crippen molar-refractivity contribution in [2.75, 3.05) is 13.7 Å². The van der Waals surface area contributed by atoms with Crippen LogP contribution in [0.25, 0.3) is 21.9 Å².